The first-order valence-electron chi connectivity index (χ1n) is 7.28. The average molecular weight is 305 g/mol. The summed E-state index contributed by atoms with van der Waals surface area (Å²) in [5, 5.41) is 5.68. The number of hydrogen-bond donors (Lipinski definition) is 3. The summed E-state index contributed by atoms with van der Waals surface area (Å²) in [6.45, 7) is 6.42. The van der Waals surface area contributed by atoms with Crippen molar-refractivity contribution in [1.29, 1.82) is 0 Å². The lowest BCUT2D eigenvalue weighted by Crippen LogP contribution is -2.17. The molecule has 0 amide bonds. The molecule has 2 aromatic heterocycles. The molecule has 0 spiro atoms. The van der Waals surface area contributed by atoms with Crippen LogP contribution in [0.3, 0.4) is 0 Å². The van der Waals surface area contributed by atoms with E-state index in [1.807, 2.05) is 0 Å². The Balaban J connectivity index is 2.32. The van der Waals surface area contributed by atoms with E-state index in [1.54, 1.807) is 17.7 Å². The second-order valence-electron chi connectivity index (χ2n) is 5.28. The van der Waals surface area contributed by atoms with Gasteiger partial charge in [-0.2, -0.15) is 0 Å². The van der Waals surface area contributed by atoms with Crippen molar-refractivity contribution in [2.24, 2.45) is 5.84 Å². The van der Waals surface area contributed by atoms with Gasteiger partial charge in [-0.15, -0.1) is 11.3 Å². The van der Waals surface area contributed by atoms with Crippen LogP contribution in [-0.2, 0) is 0 Å². The highest BCUT2D eigenvalue weighted by molar-refractivity contribution is 7.10. The molecule has 1 atom stereocenters. The Morgan fingerprint density at radius 3 is 2.62 bits per heavy atom. The normalized spacial score (nSPS) is 12.4. The van der Waals surface area contributed by atoms with Crippen LogP contribution in [-0.4, -0.2) is 9.97 Å². The third kappa shape index (κ3) is 3.71. The second kappa shape index (κ2) is 7.38. The van der Waals surface area contributed by atoms with Gasteiger partial charge in [0.05, 0.1) is 6.04 Å². The van der Waals surface area contributed by atoms with Crippen LogP contribution in [0.4, 0.5) is 11.6 Å². The van der Waals surface area contributed by atoms with E-state index < -0.39 is 0 Å². The van der Waals surface area contributed by atoms with Crippen LogP contribution in [0.2, 0.25) is 0 Å². The lowest BCUT2D eigenvalue weighted by atomic mass is 10.0. The van der Waals surface area contributed by atoms with E-state index in [2.05, 4.69) is 59.0 Å². The number of hydrazine groups is 1. The first kappa shape index (κ1) is 15.7. The molecule has 6 heteroatoms. The second-order valence-corrected chi connectivity index (χ2v) is 6.26. The number of thiophene rings is 1. The molecule has 2 rings (SSSR count). The molecule has 4 N–H and O–H groups in total. The summed E-state index contributed by atoms with van der Waals surface area (Å²) in [6.07, 6.45) is 3.72. The van der Waals surface area contributed by atoms with Gasteiger partial charge < -0.3 is 10.7 Å². The summed E-state index contributed by atoms with van der Waals surface area (Å²) >= 11 is 1.77. The van der Waals surface area contributed by atoms with Crippen LogP contribution in [0.1, 0.15) is 56.0 Å². The van der Waals surface area contributed by atoms with Crippen LogP contribution in [0.5, 0.6) is 0 Å². The summed E-state index contributed by atoms with van der Waals surface area (Å²) in [5.41, 5.74) is 3.69. The fourth-order valence-corrected chi connectivity index (χ4v) is 3.21. The van der Waals surface area contributed by atoms with E-state index in [-0.39, 0.29) is 12.0 Å². The number of rotatable bonds is 7. The number of anilines is 2. The van der Waals surface area contributed by atoms with Gasteiger partial charge in [0, 0.05) is 10.4 Å². The number of aromatic nitrogens is 2. The number of nitrogens with one attached hydrogen (secondary N) is 2. The highest BCUT2D eigenvalue weighted by Gasteiger charge is 2.18. The Morgan fingerprint density at radius 2 is 2.05 bits per heavy atom. The van der Waals surface area contributed by atoms with Crippen LogP contribution < -0.4 is 16.6 Å². The predicted molar refractivity (Wildman–Crippen MR) is 89.5 cm³/mol. The maximum atomic E-state index is 5.58. The lowest BCUT2D eigenvalue weighted by molar-refractivity contribution is 0.680. The summed E-state index contributed by atoms with van der Waals surface area (Å²) in [5.74, 6) is 7.40. The van der Waals surface area contributed by atoms with E-state index in [4.69, 9.17) is 5.84 Å². The topological polar surface area (TPSA) is 75.9 Å². The van der Waals surface area contributed by atoms with Crippen molar-refractivity contribution in [1.82, 2.24) is 9.97 Å². The van der Waals surface area contributed by atoms with Gasteiger partial charge in [0.25, 0.3) is 0 Å². The molecule has 2 heterocycles. The van der Waals surface area contributed by atoms with Gasteiger partial charge >= 0.3 is 0 Å². The minimum atomic E-state index is 0.271. The number of nitrogens with zero attached hydrogens (tertiary/aromatic N) is 2. The third-order valence-electron chi connectivity index (χ3n) is 3.37. The van der Waals surface area contributed by atoms with Gasteiger partial charge in [-0.05, 0) is 23.8 Å². The molecular formula is C15H23N5S. The molecule has 0 aromatic carbocycles. The molecule has 0 saturated heterocycles. The van der Waals surface area contributed by atoms with E-state index in [0.29, 0.717) is 5.82 Å². The molecule has 2 aromatic rings. The molecule has 0 aliphatic carbocycles. The molecule has 0 aliphatic heterocycles. The van der Waals surface area contributed by atoms with Crippen molar-refractivity contribution in [3.8, 4) is 0 Å². The largest absolute Gasteiger partial charge is 0.362 e. The Hall–Kier alpha value is -1.66. The van der Waals surface area contributed by atoms with Gasteiger partial charge in [0.2, 0.25) is 0 Å². The maximum absolute atomic E-state index is 5.58. The number of nitrogen functional groups attached to an aromatic ring is 1. The highest BCUT2D eigenvalue weighted by Crippen LogP contribution is 2.32. The molecular weight excluding hydrogens is 282 g/mol. The molecule has 5 nitrogen and oxygen atoms in total. The first-order chi connectivity index (χ1) is 10.2. The molecule has 0 saturated carbocycles. The third-order valence-corrected chi connectivity index (χ3v) is 4.36. The summed E-state index contributed by atoms with van der Waals surface area (Å²) in [4.78, 5) is 9.96. The van der Waals surface area contributed by atoms with Gasteiger partial charge in [0.1, 0.15) is 18.0 Å². The van der Waals surface area contributed by atoms with Crippen molar-refractivity contribution < 1.29 is 0 Å². The first-order valence-corrected chi connectivity index (χ1v) is 8.16. The molecule has 0 radical (unpaired) electrons. The Labute approximate surface area is 130 Å². The van der Waals surface area contributed by atoms with Gasteiger partial charge in [-0.1, -0.05) is 33.3 Å². The Morgan fingerprint density at radius 1 is 1.29 bits per heavy atom. The smallest absolute Gasteiger partial charge is 0.148 e. The zero-order valence-corrected chi connectivity index (χ0v) is 13.6. The summed E-state index contributed by atoms with van der Waals surface area (Å²) < 4.78 is 0. The minimum Gasteiger partial charge on any atom is -0.362 e. The van der Waals surface area contributed by atoms with E-state index >= 15 is 0 Å². The standard InChI is InChI=1S/C15H23N5S/c1-4-6-11(12-7-5-8-21-12)19-14-13(10(2)3)15(20-16)18-9-17-14/h5,7-11H,4,6,16H2,1-3H3,(H2,17,18,19,20). The fourth-order valence-electron chi connectivity index (χ4n) is 2.40. The number of nitrogens with two attached hydrogens (primary N) is 1. The van der Waals surface area contributed by atoms with E-state index in [1.165, 1.54) is 4.88 Å². The summed E-state index contributed by atoms with van der Waals surface area (Å²) in [6, 6.07) is 4.52. The Bertz CT molecular complexity index is 553. The van der Waals surface area contributed by atoms with Crippen LogP contribution in [0.25, 0.3) is 0 Å². The molecule has 21 heavy (non-hydrogen) atoms. The minimum absolute atomic E-state index is 0.271. The van der Waals surface area contributed by atoms with Gasteiger partial charge in [-0.3, -0.25) is 0 Å². The van der Waals surface area contributed by atoms with E-state index in [9.17, 15) is 0 Å². The Kier molecular flexibility index (Phi) is 5.52. The van der Waals surface area contributed by atoms with Crippen LogP contribution in [0, 0.1) is 0 Å². The van der Waals surface area contributed by atoms with Crippen molar-refractivity contribution in [3.63, 3.8) is 0 Å². The van der Waals surface area contributed by atoms with E-state index in [0.717, 1.165) is 24.2 Å². The molecule has 0 bridgehead atoms. The van der Waals surface area contributed by atoms with Crippen molar-refractivity contribution in [2.75, 3.05) is 10.7 Å². The maximum Gasteiger partial charge on any atom is 0.148 e. The molecule has 114 valence electrons. The monoisotopic (exact) mass is 305 g/mol. The molecule has 0 aliphatic rings. The van der Waals surface area contributed by atoms with Gasteiger partial charge in [-0.25, -0.2) is 15.8 Å². The van der Waals surface area contributed by atoms with Crippen LogP contribution in [0.15, 0.2) is 23.8 Å². The quantitative estimate of drug-likeness (QED) is 0.534. The zero-order chi connectivity index (χ0) is 15.2. The van der Waals surface area contributed by atoms with Gasteiger partial charge in [0.15, 0.2) is 0 Å². The lowest BCUT2D eigenvalue weighted by Gasteiger charge is -2.22. The fraction of sp³-hybridized carbons (Fsp3) is 0.467. The van der Waals surface area contributed by atoms with Crippen LogP contribution >= 0.6 is 11.3 Å². The SMILES string of the molecule is CCCC(Nc1ncnc(NN)c1C(C)C)c1cccs1. The summed E-state index contributed by atoms with van der Waals surface area (Å²) in [7, 11) is 0. The molecule has 0 fully saturated rings. The predicted octanol–water partition coefficient (Wildman–Crippen LogP) is 3.90. The van der Waals surface area contributed by atoms with Crippen molar-refractivity contribution >= 4 is 23.0 Å². The zero-order valence-electron chi connectivity index (χ0n) is 12.8. The number of hydrogen-bond acceptors (Lipinski definition) is 6. The average Bonchev–Trinajstić information content (AvgIpc) is 3.00. The molecule has 1 unspecified atom stereocenters. The van der Waals surface area contributed by atoms with Crippen molar-refractivity contribution in [3.05, 3.63) is 34.3 Å². The van der Waals surface area contributed by atoms with Crippen molar-refractivity contribution in [2.45, 2.75) is 45.6 Å². The highest BCUT2D eigenvalue weighted by atomic mass is 32.1.